The number of amides is 2. The molecule has 0 aliphatic carbocycles. The summed E-state index contributed by atoms with van der Waals surface area (Å²) < 4.78 is 0. The number of nitrogens with one attached hydrogen (secondary N) is 2. The number of para-hydroxylation sites is 1. The van der Waals surface area contributed by atoms with Crippen molar-refractivity contribution in [3.8, 4) is 0 Å². The van der Waals surface area contributed by atoms with E-state index in [4.69, 9.17) is 0 Å². The first-order chi connectivity index (χ1) is 15.1. The van der Waals surface area contributed by atoms with Gasteiger partial charge >= 0.3 is 0 Å². The molecule has 0 radical (unpaired) electrons. The van der Waals surface area contributed by atoms with Gasteiger partial charge in [-0.05, 0) is 43.4 Å². The number of aromatic nitrogens is 2. The van der Waals surface area contributed by atoms with Crippen molar-refractivity contribution in [3.05, 3.63) is 83.4 Å². The van der Waals surface area contributed by atoms with Gasteiger partial charge in [0.15, 0.2) is 0 Å². The number of aryl methyl sites for hydroxylation is 2. The number of rotatable bonds is 5. The minimum atomic E-state index is -0.693. The van der Waals surface area contributed by atoms with Crippen LogP contribution in [0.15, 0.2) is 60.9 Å². The lowest BCUT2D eigenvalue weighted by Gasteiger charge is -2.34. The Hall–Kier alpha value is -3.41. The predicted molar refractivity (Wildman–Crippen MR) is 119 cm³/mol. The largest absolute Gasteiger partial charge is 0.348 e. The molecule has 0 unspecified atom stereocenters. The van der Waals surface area contributed by atoms with E-state index in [0.717, 1.165) is 35.5 Å². The van der Waals surface area contributed by atoms with Gasteiger partial charge in [0, 0.05) is 17.9 Å². The van der Waals surface area contributed by atoms with Gasteiger partial charge in [-0.15, -0.1) is 0 Å². The molecule has 6 nitrogen and oxygen atoms in total. The van der Waals surface area contributed by atoms with Crippen molar-refractivity contribution in [3.63, 3.8) is 0 Å². The lowest BCUT2D eigenvalue weighted by Crippen LogP contribution is -2.49. The van der Waals surface area contributed by atoms with E-state index in [1.54, 1.807) is 6.33 Å². The molecule has 158 valence electrons. The Morgan fingerprint density at radius 1 is 1.16 bits per heavy atom. The molecule has 2 N–H and O–H groups in total. The molecular formula is C25H26N4O2. The highest BCUT2D eigenvalue weighted by molar-refractivity contribution is 6.07. The number of fused-ring (bicyclic) bond motifs is 2. The summed E-state index contributed by atoms with van der Waals surface area (Å²) in [5.74, 6) is 0.0420. The molecule has 2 aromatic carbocycles. The van der Waals surface area contributed by atoms with Crippen LogP contribution in [-0.2, 0) is 27.8 Å². The summed E-state index contributed by atoms with van der Waals surface area (Å²) in [4.78, 5) is 36.0. The molecule has 2 atom stereocenters. The molecule has 1 aromatic heterocycles. The first kappa shape index (κ1) is 19.5. The third kappa shape index (κ3) is 3.23. The minimum Gasteiger partial charge on any atom is -0.348 e. The second-order valence-corrected chi connectivity index (χ2v) is 8.50. The molecule has 0 saturated carbocycles. The summed E-state index contributed by atoms with van der Waals surface area (Å²) >= 11 is 0. The molecule has 2 amide bonds. The standard InChI is InChI=1S/C25H26N4O2/c1-17-21(27-16-26-17)15-23(30)29-14-13-25(19-9-5-6-10-20(19)28-24(25)31)22(29)12-11-18-7-3-2-4-8-18/h2-10,16,22H,11-15H2,1H3,(H,26,27)(H,28,31)/t22-,25+/m0/s1. The first-order valence-electron chi connectivity index (χ1n) is 10.8. The van der Waals surface area contributed by atoms with Crippen molar-refractivity contribution in [2.24, 2.45) is 0 Å². The van der Waals surface area contributed by atoms with Crippen LogP contribution in [0.4, 0.5) is 5.69 Å². The number of H-pyrrole nitrogens is 1. The van der Waals surface area contributed by atoms with Crippen LogP contribution in [0.3, 0.4) is 0 Å². The van der Waals surface area contributed by atoms with Crippen LogP contribution in [0.2, 0.25) is 0 Å². The number of hydrogen-bond donors (Lipinski definition) is 2. The van der Waals surface area contributed by atoms with Crippen molar-refractivity contribution in [1.82, 2.24) is 14.9 Å². The van der Waals surface area contributed by atoms with Crippen molar-refractivity contribution in [1.29, 1.82) is 0 Å². The second kappa shape index (κ2) is 7.69. The Balaban J connectivity index is 1.49. The highest BCUT2D eigenvalue weighted by atomic mass is 16.2. The van der Waals surface area contributed by atoms with Gasteiger partial charge in [-0.25, -0.2) is 4.98 Å². The van der Waals surface area contributed by atoms with Crippen molar-refractivity contribution in [2.75, 3.05) is 11.9 Å². The summed E-state index contributed by atoms with van der Waals surface area (Å²) in [7, 11) is 0. The van der Waals surface area contributed by atoms with Crippen LogP contribution >= 0.6 is 0 Å². The Morgan fingerprint density at radius 2 is 1.94 bits per heavy atom. The molecule has 2 aliphatic rings. The molecule has 6 heteroatoms. The second-order valence-electron chi connectivity index (χ2n) is 8.50. The summed E-state index contributed by atoms with van der Waals surface area (Å²) in [6.45, 7) is 2.50. The number of likely N-dealkylation sites (tertiary alicyclic amines) is 1. The smallest absolute Gasteiger partial charge is 0.237 e. The maximum Gasteiger partial charge on any atom is 0.237 e. The molecular weight excluding hydrogens is 388 g/mol. The number of nitrogens with zero attached hydrogens (tertiary/aromatic N) is 2. The van der Waals surface area contributed by atoms with Gasteiger partial charge in [-0.3, -0.25) is 9.59 Å². The van der Waals surface area contributed by atoms with Crippen LogP contribution in [0.5, 0.6) is 0 Å². The molecule has 1 saturated heterocycles. The number of anilines is 1. The van der Waals surface area contributed by atoms with E-state index in [1.165, 1.54) is 5.56 Å². The molecule has 3 aromatic rings. The van der Waals surface area contributed by atoms with Crippen molar-refractivity contribution in [2.45, 2.75) is 44.1 Å². The van der Waals surface area contributed by atoms with E-state index in [-0.39, 0.29) is 24.3 Å². The Kier molecular flexibility index (Phi) is 4.85. The Morgan fingerprint density at radius 3 is 2.71 bits per heavy atom. The number of hydrogen-bond acceptors (Lipinski definition) is 3. The van der Waals surface area contributed by atoms with Gasteiger partial charge in [0.2, 0.25) is 11.8 Å². The SMILES string of the molecule is Cc1[nH]cnc1CC(=O)N1CC[C@]2(C(=O)Nc3ccccc32)[C@@H]1CCc1ccccc1. The Labute approximate surface area is 181 Å². The third-order valence-corrected chi connectivity index (χ3v) is 6.88. The van der Waals surface area contributed by atoms with E-state index >= 15 is 0 Å². The predicted octanol–water partition coefficient (Wildman–Crippen LogP) is 3.38. The van der Waals surface area contributed by atoms with Gasteiger partial charge in [0.1, 0.15) is 0 Å². The van der Waals surface area contributed by atoms with Crippen LogP contribution in [0.1, 0.15) is 35.4 Å². The molecule has 0 bridgehead atoms. The highest BCUT2D eigenvalue weighted by Crippen LogP contribution is 2.49. The lowest BCUT2D eigenvalue weighted by molar-refractivity contribution is -0.132. The topological polar surface area (TPSA) is 78.1 Å². The monoisotopic (exact) mass is 414 g/mol. The zero-order chi connectivity index (χ0) is 21.4. The van der Waals surface area contributed by atoms with E-state index < -0.39 is 5.41 Å². The number of benzene rings is 2. The van der Waals surface area contributed by atoms with Crippen LogP contribution in [0, 0.1) is 6.92 Å². The Bertz CT molecular complexity index is 1120. The fourth-order valence-corrected chi connectivity index (χ4v) is 5.26. The number of carbonyl (C=O) groups excluding carboxylic acids is 2. The molecule has 2 aliphatic heterocycles. The fraction of sp³-hybridized carbons (Fsp3) is 0.320. The van der Waals surface area contributed by atoms with Gasteiger partial charge in [-0.2, -0.15) is 0 Å². The average Bonchev–Trinajstić information content (AvgIpc) is 3.45. The maximum absolute atomic E-state index is 13.4. The van der Waals surface area contributed by atoms with Crippen molar-refractivity contribution < 1.29 is 9.59 Å². The van der Waals surface area contributed by atoms with Gasteiger partial charge in [0.05, 0.1) is 29.9 Å². The molecule has 31 heavy (non-hydrogen) atoms. The van der Waals surface area contributed by atoms with Gasteiger partial charge in [-0.1, -0.05) is 48.5 Å². The van der Waals surface area contributed by atoms with Gasteiger partial charge in [0.25, 0.3) is 0 Å². The average molecular weight is 415 g/mol. The lowest BCUT2D eigenvalue weighted by atomic mass is 9.73. The molecule has 1 spiro atoms. The summed E-state index contributed by atoms with van der Waals surface area (Å²) in [6.07, 6.45) is 4.05. The zero-order valence-corrected chi connectivity index (χ0v) is 17.6. The summed E-state index contributed by atoms with van der Waals surface area (Å²) in [5.41, 5.74) is 4.09. The summed E-state index contributed by atoms with van der Waals surface area (Å²) in [5, 5.41) is 3.08. The zero-order valence-electron chi connectivity index (χ0n) is 17.6. The van der Waals surface area contributed by atoms with E-state index in [2.05, 4.69) is 27.4 Å². The molecule has 3 heterocycles. The normalized spacial score (nSPS) is 22.0. The van der Waals surface area contributed by atoms with E-state index in [0.29, 0.717) is 13.0 Å². The fourth-order valence-electron chi connectivity index (χ4n) is 5.26. The highest BCUT2D eigenvalue weighted by Gasteiger charge is 2.58. The van der Waals surface area contributed by atoms with Crippen molar-refractivity contribution >= 4 is 17.5 Å². The number of carbonyl (C=O) groups is 2. The summed E-state index contributed by atoms with van der Waals surface area (Å²) in [6, 6.07) is 18.0. The first-order valence-corrected chi connectivity index (χ1v) is 10.8. The van der Waals surface area contributed by atoms with Gasteiger partial charge < -0.3 is 15.2 Å². The molecule has 1 fully saturated rings. The van der Waals surface area contributed by atoms with E-state index in [1.807, 2.05) is 54.3 Å². The third-order valence-electron chi connectivity index (χ3n) is 6.88. The minimum absolute atomic E-state index is 0.0120. The van der Waals surface area contributed by atoms with E-state index in [9.17, 15) is 9.59 Å². The van der Waals surface area contributed by atoms with Crippen LogP contribution in [-0.4, -0.2) is 39.3 Å². The van der Waals surface area contributed by atoms with Crippen LogP contribution in [0.25, 0.3) is 0 Å². The maximum atomic E-state index is 13.4. The number of imidazole rings is 1. The van der Waals surface area contributed by atoms with Crippen LogP contribution < -0.4 is 5.32 Å². The quantitative estimate of drug-likeness (QED) is 0.672. The molecule has 5 rings (SSSR count). The number of aromatic amines is 1.